The number of hydrogen-bond donors (Lipinski definition) is 0. The summed E-state index contributed by atoms with van der Waals surface area (Å²) in [4.78, 5) is 13.9. The molecule has 21 heavy (non-hydrogen) atoms. The second-order valence-corrected chi connectivity index (χ2v) is 7.54. The molecular weight excluding hydrogens is 292 g/mol. The highest BCUT2D eigenvalue weighted by atomic mass is 32.2. The van der Waals surface area contributed by atoms with Crippen molar-refractivity contribution in [3.05, 3.63) is 24.3 Å². The lowest BCUT2D eigenvalue weighted by Gasteiger charge is -2.33. The first-order valence-corrected chi connectivity index (χ1v) is 8.46. The third-order valence-electron chi connectivity index (χ3n) is 3.86. The molecule has 1 amide bonds. The van der Waals surface area contributed by atoms with Gasteiger partial charge >= 0.3 is 0 Å². The molecule has 1 saturated carbocycles. The van der Waals surface area contributed by atoms with Crippen molar-refractivity contribution < 1.29 is 17.9 Å². The summed E-state index contributed by atoms with van der Waals surface area (Å²) in [7, 11) is -1.71. The zero-order valence-electron chi connectivity index (χ0n) is 11.9. The molecule has 1 aliphatic carbocycles. The molecule has 7 heteroatoms. The number of piperazine rings is 1. The average molecular weight is 310 g/mol. The summed E-state index contributed by atoms with van der Waals surface area (Å²) < 4.78 is 30.8. The second kappa shape index (κ2) is 5.31. The number of anilines is 1. The monoisotopic (exact) mass is 310 g/mol. The van der Waals surface area contributed by atoms with Gasteiger partial charge in [0.05, 0.1) is 18.9 Å². The van der Waals surface area contributed by atoms with Gasteiger partial charge in [-0.3, -0.25) is 4.79 Å². The zero-order valence-corrected chi connectivity index (χ0v) is 12.7. The summed E-state index contributed by atoms with van der Waals surface area (Å²) >= 11 is 0. The lowest BCUT2D eigenvalue weighted by atomic mass is 10.2. The number of methoxy groups -OCH3 is 1. The van der Waals surface area contributed by atoms with Gasteiger partial charge in [-0.15, -0.1) is 0 Å². The van der Waals surface area contributed by atoms with Gasteiger partial charge in [0, 0.05) is 24.8 Å². The first-order valence-electron chi connectivity index (χ1n) is 6.96. The fourth-order valence-electron chi connectivity index (χ4n) is 2.50. The van der Waals surface area contributed by atoms with Gasteiger partial charge in [-0.2, -0.15) is 4.31 Å². The van der Waals surface area contributed by atoms with Crippen LogP contribution in [0.1, 0.15) is 12.8 Å². The summed E-state index contributed by atoms with van der Waals surface area (Å²) in [6.45, 7) is 0.649. The SMILES string of the molecule is COc1cccc(N2CCN(S(=O)(=O)C3CC3)CC2=O)c1. The van der Waals surface area contributed by atoms with E-state index in [1.54, 1.807) is 18.1 Å². The van der Waals surface area contributed by atoms with Crippen molar-refractivity contribution in [3.63, 3.8) is 0 Å². The Labute approximate surface area is 124 Å². The molecule has 1 heterocycles. The van der Waals surface area contributed by atoms with E-state index in [4.69, 9.17) is 4.74 Å². The molecule has 0 spiro atoms. The van der Waals surface area contributed by atoms with E-state index in [1.807, 2.05) is 18.2 Å². The average Bonchev–Trinajstić information content (AvgIpc) is 3.32. The van der Waals surface area contributed by atoms with Crippen LogP contribution >= 0.6 is 0 Å². The third kappa shape index (κ3) is 2.75. The van der Waals surface area contributed by atoms with Crippen molar-refractivity contribution in [3.8, 4) is 5.75 Å². The van der Waals surface area contributed by atoms with E-state index in [-0.39, 0.29) is 17.7 Å². The van der Waals surface area contributed by atoms with Crippen LogP contribution in [0.5, 0.6) is 5.75 Å². The van der Waals surface area contributed by atoms with Crippen LogP contribution in [0.15, 0.2) is 24.3 Å². The Morgan fingerprint density at radius 1 is 1.24 bits per heavy atom. The quantitative estimate of drug-likeness (QED) is 0.826. The minimum Gasteiger partial charge on any atom is -0.497 e. The molecule has 1 aromatic carbocycles. The smallest absolute Gasteiger partial charge is 0.242 e. The lowest BCUT2D eigenvalue weighted by molar-refractivity contribution is -0.119. The van der Waals surface area contributed by atoms with E-state index >= 15 is 0 Å². The van der Waals surface area contributed by atoms with Crippen LogP contribution in [0.4, 0.5) is 5.69 Å². The highest BCUT2D eigenvalue weighted by Crippen LogP contribution is 2.32. The molecule has 3 rings (SSSR count). The molecule has 0 radical (unpaired) electrons. The number of sulfonamides is 1. The number of ether oxygens (including phenoxy) is 1. The van der Waals surface area contributed by atoms with Gasteiger partial charge in [0.1, 0.15) is 5.75 Å². The van der Waals surface area contributed by atoms with Crippen LogP contribution < -0.4 is 9.64 Å². The molecule has 2 fully saturated rings. The van der Waals surface area contributed by atoms with E-state index in [0.29, 0.717) is 31.7 Å². The first-order chi connectivity index (χ1) is 10.0. The van der Waals surface area contributed by atoms with Gasteiger partial charge in [0.15, 0.2) is 0 Å². The van der Waals surface area contributed by atoms with Crippen LogP contribution in [0.3, 0.4) is 0 Å². The van der Waals surface area contributed by atoms with Gasteiger partial charge in [-0.1, -0.05) is 6.07 Å². The molecule has 0 unspecified atom stereocenters. The van der Waals surface area contributed by atoms with E-state index < -0.39 is 10.0 Å². The number of nitrogens with zero attached hydrogens (tertiary/aromatic N) is 2. The number of benzene rings is 1. The summed E-state index contributed by atoms with van der Waals surface area (Å²) in [6, 6.07) is 7.23. The van der Waals surface area contributed by atoms with Crippen molar-refractivity contribution in [2.24, 2.45) is 0 Å². The summed E-state index contributed by atoms with van der Waals surface area (Å²) in [5.41, 5.74) is 0.739. The number of carbonyl (C=O) groups is 1. The molecule has 114 valence electrons. The van der Waals surface area contributed by atoms with Gasteiger partial charge in [-0.05, 0) is 25.0 Å². The van der Waals surface area contributed by atoms with Crippen molar-refractivity contribution in [1.29, 1.82) is 0 Å². The maximum Gasteiger partial charge on any atom is 0.242 e. The lowest BCUT2D eigenvalue weighted by Crippen LogP contribution is -2.53. The van der Waals surface area contributed by atoms with E-state index in [2.05, 4.69) is 0 Å². The van der Waals surface area contributed by atoms with Crippen molar-refractivity contribution in [2.75, 3.05) is 31.6 Å². The largest absolute Gasteiger partial charge is 0.497 e. The van der Waals surface area contributed by atoms with Gasteiger partial charge in [0.25, 0.3) is 0 Å². The van der Waals surface area contributed by atoms with E-state index in [9.17, 15) is 13.2 Å². The van der Waals surface area contributed by atoms with Crippen molar-refractivity contribution >= 4 is 21.6 Å². The minimum atomic E-state index is -3.28. The Bertz CT molecular complexity index is 655. The molecule has 0 bridgehead atoms. The number of amides is 1. The normalized spacial score (nSPS) is 20.6. The Morgan fingerprint density at radius 3 is 2.62 bits per heavy atom. The molecule has 1 saturated heterocycles. The number of carbonyl (C=O) groups excluding carboxylic acids is 1. The van der Waals surface area contributed by atoms with Gasteiger partial charge in [-0.25, -0.2) is 8.42 Å². The molecule has 1 aliphatic heterocycles. The fourth-order valence-corrected chi connectivity index (χ4v) is 4.28. The first kappa shape index (κ1) is 14.3. The van der Waals surface area contributed by atoms with E-state index in [0.717, 1.165) is 5.69 Å². The molecule has 0 atom stereocenters. The second-order valence-electron chi connectivity index (χ2n) is 5.32. The molecule has 0 N–H and O–H groups in total. The molecule has 6 nitrogen and oxygen atoms in total. The summed E-state index contributed by atoms with van der Waals surface area (Å²) in [6.07, 6.45) is 1.43. The number of hydrogen-bond acceptors (Lipinski definition) is 4. The standard InChI is InChI=1S/C14H18N2O4S/c1-20-12-4-2-3-11(9-12)16-8-7-15(10-14(16)17)21(18,19)13-5-6-13/h2-4,9,13H,5-8,10H2,1H3. The van der Waals surface area contributed by atoms with Crippen molar-refractivity contribution in [1.82, 2.24) is 4.31 Å². The van der Waals surface area contributed by atoms with Crippen LogP contribution in [0, 0.1) is 0 Å². The zero-order chi connectivity index (χ0) is 15.0. The summed E-state index contributed by atoms with van der Waals surface area (Å²) in [5, 5.41) is -0.270. The Hall–Kier alpha value is -1.60. The Kier molecular flexibility index (Phi) is 3.62. The van der Waals surface area contributed by atoms with Crippen LogP contribution in [-0.2, 0) is 14.8 Å². The van der Waals surface area contributed by atoms with Crippen LogP contribution in [0.2, 0.25) is 0 Å². The highest BCUT2D eigenvalue weighted by Gasteiger charge is 2.42. The predicted octanol–water partition coefficient (Wildman–Crippen LogP) is 0.836. The predicted molar refractivity (Wildman–Crippen MR) is 78.9 cm³/mol. The summed E-state index contributed by atoms with van der Waals surface area (Å²) in [5.74, 6) is 0.479. The molecule has 2 aliphatic rings. The van der Waals surface area contributed by atoms with Crippen LogP contribution in [0.25, 0.3) is 0 Å². The highest BCUT2D eigenvalue weighted by molar-refractivity contribution is 7.90. The Morgan fingerprint density at radius 2 is 2.00 bits per heavy atom. The Balaban J connectivity index is 1.75. The third-order valence-corrected chi connectivity index (χ3v) is 6.20. The van der Waals surface area contributed by atoms with Gasteiger partial charge in [0.2, 0.25) is 15.9 Å². The molecular formula is C14H18N2O4S. The maximum absolute atomic E-state index is 12.3. The van der Waals surface area contributed by atoms with Crippen LogP contribution in [-0.4, -0.2) is 50.6 Å². The molecule has 0 aromatic heterocycles. The van der Waals surface area contributed by atoms with E-state index in [1.165, 1.54) is 4.31 Å². The number of rotatable bonds is 4. The van der Waals surface area contributed by atoms with Crippen molar-refractivity contribution in [2.45, 2.75) is 18.1 Å². The molecule has 1 aromatic rings. The maximum atomic E-state index is 12.3. The fraction of sp³-hybridized carbons (Fsp3) is 0.500. The van der Waals surface area contributed by atoms with Gasteiger partial charge < -0.3 is 9.64 Å². The topological polar surface area (TPSA) is 66.9 Å². The minimum absolute atomic E-state index is 0.0734.